The molecule has 5 nitrogen and oxygen atoms in total. The van der Waals surface area contributed by atoms with Crippen LogP contribution in [0, 0.1) is 0 Å². The van der Waals surface area contributed by atoms with Crippen LogP contribution in [0.15, 0.2) is 24.3 Å². The molecule has 1 aromatic heterocycles. The quantitative estimate of drug-likeness (QED) is 0.878. The summed E-state index contributed by atoms with van der Waals surface area (Å²) in [5.41, 5.74) is 0.431. The van der Waals surface area contributed by atoms with E-state index in [1.807, 2.05) is 0 Å². The van der Waals surface area contributed by atoms with Gasteiger partial charge in [-0.1, -0.05) is 29.8 Å². The summed E-state index contributed by atoms with van der Waals surface area (Å²) in [4.78, 5) is 21.8. The summed E-state index contributed by atoms with van der Waals surface area (Å²) in [6.07, 6.45) is 0. The number of rotatable bonds is 3. The highest BCUT2D eigenvalue weighted by Gasteiger charge is 2.21. The van der Waals surface area contributed by atoms with Crippen LogP contribution in [0.4, 0.5) is 0 Å². The molecule has 0 unspecified atom stereocenters. The molecule has 1 aromatic carbocycles. The van der Waals surface area contributed by atoms with E-state index in [4.69, 9.17) is 21.8 Å². The van der Waals surface area contributed by atoms with Gasteiger partial charge in [0.15, 0.2) is 0 Å². The van der Waals surface area contributed by atoms with Crippen molar-refractivity contribution in [2.45, 2.75) is 6.54 Å². The Bertz CT molecular complexity index is 617. The van der Waals surface area contributed by atoms with E-state index in [0.29, 0.717) is 10.9 Å². The number of aromatic carboxylic acids is 1. The number of carbonyl (C=O) groups is 2. The minimum atomic E-state index is -1.17. The van der Waals surface area contributed by atoms with Gasteiger partial charge in [0.2, 0.25) is 0 Å². The predicted molar refractivity (Wildman–Crippen MR) is 61.5 cm³/mol. The number of aromatic nitrogens is 1. The lowest BCUT2D eigenvalue weighted by atomic mass is 10.2. The second-order valence-corrected chi connectivity index (χ2v) is 3.83. The zero-order valence-electron chi connectivity index (χ0n) is 8.55. The molecule has 0 spiro atoms. The standard InChI is InChI=1S/C11H8ClNO4/c12-10-9(11(16)17)6-3-1-2-4-7(6)13(10)5-8(14)15/h1-4H,5H2,(H,14,15)(H,16,17). The number of hydrogen-bond donors (Lipinski definition) is 2. The third kappa shape index (κ3) is 1.85. The second kappa shape index (κ2) is 4.10. The van der Waals surface area contributed by atoms with Gasteiger partial charge < -0.3 is 14.8 Å². The Balaban J connectivity index is 2.79. The van der Waals surface area contributed by atoms with Gasteiger partial charge in [-0.2, -0.15) is 0 Å². The fourth-order valence-corrected chi connectivity index (χ4v) is 2.10. The number of carboxylic acid groups (broad SMARTS) is 2. The van der Waals surface area contributed by atoms with Crippen molar-refractivity contribution in [3.8, 4) is 0 Å². The number of nitrogens with zero attached hydrogens (tertiary/aromatic N) is 1. The minimum Gasteiger partial charge on any atom is -0.480 e. The third-order valence-electron chi connectivity index (χ3n) is 2.41. The summed E-state index contributed by atoms with van der Waals surface area (Å²) in [5.74, 6) is -2.25. The first-order chi connectivity index (χ1) is 8.02. The molecule has 0 aliphatic carbocycles. The molecular weight excluding hydrogens is 246 g/mol. The lowest BCUT2D eigenvalue weighted by Crippen LogP contribution is -2.09. The molecule has 0 aliphatic rings. The van der Waals surface area contributed by atoms with Crippen molar-refractivity contribution in [1.82, 2.24) is 4.57 Å². The molecular formula is C11H8ClNO4. The number of fused-ring (bicyclic) bond motifs is 1. The van der Waals surface area contributed by atoms with Crippen LogP contribution in [0.3, 0.4) is 0 Å². The van der Waals surface area contributed by atoms with Gasteiger partial charge in [-0.25, -0.2) is 4.79 Å². The van der Waals surface area contributed by atoms with Gasteiger partial charge in [-0.3, -0.25) is 4.79 Å². The number of hydrogen-bond acceptors (Lipinski definition) is 2. The van der Waals surface area contributed by atoms with E-state index in [1.54, 1.807) is 24.3 Å². The average Bonchev–Trinajstić information content (AvgIpc) is 2.52. The zero-order valence-corrected chi connectivity index (χ0v) is 9.31. The Labute approximate surface area is 101 Å². The third-order valence-corrected chi connectivity index (χ3v) is 2.81. The molecule has 0 aliphatic heterocycles. The summed E-state index contributed by atoms with van der Waals surface area (Å²) >= 11 is 5.91. The van der Waals surface area contributed by atoms with Gasteiger partial charge in [0.1, 0.15) is 17.3 Å². The Morgan fingerprint density at radius 2 is 1.88 bits per heavy atom. The number of benzene rings is 1. The highest BCUT2D eigenvalue weighted by Crippen LogP contribution is 2.29. The molecule has 0 saturated carbocycles. The van der Waals surface area contributed by atoms with E-state index in [9.17, 15) is 9.59 Å². The first kappa shape index (κ1) is 11.5. The molecule has 2 aromatic rings. The van der Waals surface area contributed by atoms with Crippen LogP contribution in [0.5, 0.6) is 0 Å². The highest BCUT2D eigenvalue weighted by atomic mass is 35.5. The maximum Gasteiger partial charge on any atom is 0.339 e. The molecule has 0 fully saturated rings. The van der Waals surface area contributed by atoms with Crippen LogP contribution < -0.4 is 0 Å². The first-order valence-electron chi connectivity index (χ1n) is 4.74. The number of halogens is 1. The Hall–Kier alpha value is -2.01. The monoisotopic (exact) mass is 253 g/mol. The second-order valence-electron chi connectivity index (χ2n) is 3.47. The SMILES string of the molecule is O=C(O)Cn1c(Cl)c(C(=O)O)c2ccccc21. The molecule has 0 amide bonds. The normalized spacial score (nSPS) is 10.6. The molecule has 0 atom stereocenters. The number of para-hydroxylation sites is 1. The molecule has 0 bridgehead atoms. The molecule has 2 rings (SSSR count). The minimum absolute atomic E-state index is 0.0662. The average molecular weight is 254 g/mol. The van der Waals surface area contributed by atoms with Gasteiger partial charge in [-0.15, -0.1) is 0 Å². The van der Waals surface area contributed by atoms with Crippen molar-refractivity contribution in [3.63, 3.8) is 0 Å². The number of aliphatic carboxylic acids is 1. The molecule has 2 N–H and O–H groups in total. The van der Waals surface area contributed by atoms with Crippen LogP contribution in [-0.4, -0.2) is 26.7 Å². The lowest BCUT2D eigenvalue weighted by Gasteiger charge is -2.02. The summed E-state index contributed by atoms with van der Waals surface area (Å²) in [6, 6.07) is 6.61. The van der Waals surface area contributed by atoms with E-state index >= 15 is 0 Å². The molecule has 0 saturated heterocycles. The van der Waals surface area contributed by atoms with Crippen LogP contribution in [0.1, 0.15) is 10.4 Å². The Kier molecular flexibility index (Phi) is 2.77. The molecule has 17 heavy (non-hydrogen) atoms. The van der Waals surface area contributed by atoms with E-state index in [0.717, 1.165) is 0 Å². The van der Waals surface area contributed by atoms with Crippen molar-refractivity contribution in [2.75, 3.05) is 0 Å². The van der Waals surface area contributed by atoms with Crippen LogP contribution in [-0.2, 0) is 11.3 Å². The smallest absolute Gasteiger partial charge is 0.339 e. The van der Waals surface area contributed by atoms with E-state index < -0.39 is 11.9 Å². The topological polar surface area (TPSA) is 79.5 Å². The Morgan fingerprint density at radius 3 is 2.47 bits per heavy atom. The van der Waals surface area contributed by atoms with E-state index in [-0.39, 0.29) is 17.3 Å². The van der Waals surface area contributed by atoms with Crippen molar-refractivity contribution >= 4 is 34.4 Å². The summed E-state index contributed by atoms with van der Waals surface area (Å²) in [7, 11) is 0. The molecule has 0 radical (unpaired) electrons. The van der Waals surface area contributed by atoms with Crippen LogP contribution >= 0.6 is 11.6 Å². The van der Waals surface area contributed by atoms with Gasteiger partial charge in [0, 0.05) is 5.39 Å². The first-order valence-corrected chi connectivity index (χ1v) is 5.12. The van der Waals surface area contributed by atoms with Gasteiger partial charge in [0.05, 0.1) is 5.52 Å². The number of carboxylic acids is 2. The van der Waals surface area contributed by atoms with E-state index in [2.05, 4.69) is 0 Å². The largest absolute Gasteiger partial charge is 0.480 e. The highest BCUT2D eigenvalue weighted by molar-refractivity contribution is 6.35. The van der Waals surface area contributed by atoms with E-state index in [1.165, 1.54) is 4.57 Å². The Morgan fingerprint density at radius 1 is 1.24 bits per heavy atom. The van der Waals surface area contributed by atoms with Crippen molar-refractivity contribution < 1.29 is 19.8 Å². The maximum absolute atomic E-state index is 11.1. The zero-order chi connectivity index (χ0) is 12.6. The molecule has 88 valence electrons. The molecule has 6 heteroatoms. The summed E-state index contributed by atoms with van der Waals surface area (Å²) in [6.45, 7) is -0.368. The van der Waals surface area contributed by atoms with Gasteiger partial charge in [0.25, 0.3) is 0 Å². The maximum atomic E-state index is 11.1. The van der Waals surface area contributed by atoms with Crippen molar-refractivity contribution in [2.24, 2.45) is 0 Å². The summed E-state index contributed by atoms with van der Waals surface area (Å²) in [5, 5.41) is 18.2. The van der Waals surface area contributed by atoms with Crippen LogP contribution in [0.25, 0.3) is 10.9 Å². The summed E-state index contributed by atoms with van der Waals surface area (Å²) < 4.78 is 1.27. The van der Waals surface area contributed by atoms with Crippen molar-refractivity contribution in [1.29, 1.82) is 0 Å². The van der Waals surface area contributed by atoms with Gasteiger partial charge >= 0.3 is 11.9 Å². The van der Waals surface area contributed by atoms with Crippen molar-refractivity contribution in [3.05, 3.63) is 35.0 Å². The fraction of sp³-hybridized carbons (Fsp3) is 0.0909. The van der Waals surface area contributed by atoms with Gasteiger partial charge in [-0.05, 0) is 6.07 Å². The molecule has 1 heterocycles. The van der Waals surface area contributed by atoms with Crippen LogP contribution in [0.2, 0.25) is 5.15 Å². The lowest BCUT2D eigenvalue weighted by molar-refractivity contribution is -0.137. The predicted octanol–water partition coefficient (Wildman–Crippen LogP) is 2.08. The fourth-order valence-electron chi connectivity index (χ4n) is 1.77.